The summed E-state index contributed by atoms with van der Waals surface area (Å²) in [6, 6.07) is 10.3. The van der Waals surface area contributed by atoms with Gasteiger partial charge in [-0.3, -0.25) is 4.55 Å². The first-order chi connectivity index (χ1) is 12.9. The molecule has 0 aliphatic rings. The quantitative estimate of drug-likeness (QED) is 0.346. The standard InChI is InChI=1S/C21H28O5S.Na/c1-2-3-4-5-6-7-8-9-17-10-11-19(16-21(17)22)26-18-12-14-20(15-13-18)27(23,24)25;/h10-16,22H,2-9H2,1H3,(H,23,24,25);/q;+1/p-1. The predicted molar refractivity (Wildman–Crippen MR) is 104 cm³/mol. The summed E-state index contributed by atoms with van der Waals surface area (Å²) in [6.07, 6.45) is 9.25. The van der Waals surface area contributed by atoms with Crippen LogP contribution < -0.4 is 39.4 Å². The Balaban J connectivity index is 0.00000392. The fourth-order valence-electron chi connectivity index (χ4n) is 2.89. The number of aryl methyl sites for hydroxylation is 1. The van der Waals surface area contributed by atoms with E-state index in [2.05, 4.69) is 6.92 Å². The van der Waals surface area contributed by atoms with Gasteiger partial charge in [0, 0.05) is 0 Å². The first kappa shape index (κ1) is 25.0. The fraction of sp³-hybridized carbons (Fsp3) is 0.429. The second-order valence-electron chi connectivity index (χ2n) is 6.69. The number of rotatable bonds is 11. The van der Waals surface area contributed by atoms with E-state index in [1.165, 1.54) is 62.4 Å². The summed E-state index contributed by atoms with van der Waals surface area (Å²) in [5.41, 5.74) is 0.789. The van der Waals surface area contributed by atoms with E-state index in [1.54, 1.807) is 12.1 Å². The molecule has 0 unspecified atom stereocenters. The molecule has 28 heavy (non-hydrogen) atoms. The molecule has 0 aromatic heterocycles. The van der Waals surface area contributed by atoms with E-state index in [1.807, 2.05) is 0 Å². The monoisotopic (exact) mass is 414 g/mol. The van der Waals surface area contributed by atoms with Crippen molar-refractivity contribution in [2.75, 3.05) is 0 Å². The van der Waals surface area contributed by atoms with Crippen molar-refractivity contribution in [2.24, 2.45) is 0 Å². The molecular weight excluding hydrogens is 387 g/mol. The number of ether oxygens (including phenoxy) is 1. The first-order valence-electron chi connectivity index (χ1n) is 9.45. The van der Waals surface area contributed by atoms with Crippen LogP contribution in [-0.4, -0.2) is 13.0 Å². The van der Waals surface area contributed by atoms with Crippen molar-refractivity contribution in [1.29, 1.82) is 0 Å². The Hall–Kier alpha value is -1.05. The molecule has 2 aromatic carbocycles. The zero-order valence-electron chi connectivity index (χ0n) is 16.7. The average Bonchev–Trinajstić information content (AvgIpc) is 2.62. The maximum atomic E-state index is 12.2. The molecule has 0 amide bonds. The van der Waals surface area contributed by atoms with Crippen LogP contribution in [0.25, 0.3) is 0 Å². The van der Waals surface area contributed by atoms with Crippen molar-refractivity contribution in [3.05, 3.63) is 48.0 Å². The van der Waals surface area contributed by atoms with Crippen molar-refractivity contribution >= 4 is 10.1 Å². The molecule has 0 fully saturated rings. The van der Waals surface area contributed by atoms with Crippen molar-refractivity contribution in [1.82, 2.24) is 0 Å². The van der Waals surface area contributed by atoms with Gasteiger partial charge in [-0.05, 0) is 49.2 Å². The van der Waals surface area contributed by atoms with Crippen molar-refractivity contribution in [2.45, 2.75) is 63.2 Å². The minimum Gasteiger partial charge on any atom is -0.872 e. The molecule has 2 rings (SSSR count). The van der Waals surface area contributed by atoms with E-state index in [0.29, 0.717) is 11.5 Å². The average molecular weight is 414 g/mol. The number of unbranched alkanes of at least 4 members (excludes halogenated alkanes) is 6. The van der Waals surface area contributed by atoms with Crippen LogP contribution in [0.3, 0.4) is 0 Å². The largest absolute Gasteiger partial charge is 1.00 e. The molecule has 0 heterocycles. The molecule has 5 nitrogen and oxygen atoms in total. The molecule has 0 atom stereocenters. The van der Waals surface area contributed by atoms with Gasteiger partial charge in [-0.2, -0.15) is 8.42 Å². The summed E-state index contributed by atoms with van der Waals surface area (Å²) >= 11 is 0. The van der Waals surface area contributed by atoms with E-state index >= 15 is 0 Å². The molecule has 0 bridgehead atoms. The Morgan fingerprint density at radius 3 is 2.04 bits per heavy atom. The third-order valence-electron chi connectivity index (χ3n) is 4.45. The third kappa shape index (κ3) is 8.53. The Labute approximate surface area is 190 Å². The molecule has 7 heteroatoms. The second-order valence-corrected chi connectivity index (χ2v) is 8.11. The smallest absolute Gasteiger partial charge is 0.872 e. The van der Waals surface area contributed by atoms with Crippen LogP contribution in [0.15, 0.2) is 47.4 Å². The Morgan fingerprint density at radius 1 is 0.893 bits per heavy atom. The van der Waals surface area contributed by atoms with Crippen LogP contribution in [0, 0.1) is 0 Å². The fourth-order valence-corrected chi connectivity index (χ4v) is 3.37. The molecule has 148 valence electrons. The van der Waals surface area contributed by atoms with E-state index in [-0.39, 0.29) is 40.2 Å². The molecule has 0 aliphatic carbocycles. The normalized spacial score (nSPS) is 11.1. The summed E-state index contributed by atoms with van der Waals surface area (Å²) in [4.78, 5) is -0.204. The molecule has 0 radical (unpaired) electrons. The Kier molecular flexibility index (Phi) is 11.2. The summed E-state index contributed by atoms with van der Waals surface area (Å²) in [7, 11) is -4.23. The number of benzene rings is 2. The molecule has 1 N–H and O–H groups in total. The van der Waals surface area contributed by atoms with E-state index < -0.39 is 10.1 Å². The van der Waals surface area contributed by atoms with Crippen LogP contribution in [0.4, 0.5) is 0 Å². The van der Waals surface area contributed by atoms with Gasteiger partial charge in [-0.15, -0.1) is 5.75 Å². The minimum atomic E-state index is -4.23. The molecule has 0 saturated heterocycles. The van der Waals surface area contributed by atoms with Gasteiger partial charge < -0.3 is 9.84 Å². The van der Waals surface area contributed by atoms with Crippen LogP contribution in [0.1, 0.15) is 57.4 Å². The number of hydrogen-bond donors (Lipinski definition) is 1. The first-order valence-corrected chi connectivity index (χ1v) is 10.9. The van der Waals surface area contributed by atoms with Gasteiger partial charge >= 0.3 is 29.6 Å². The van der Waals surface area contributed by atoms with Gasteiger partial charge in [0.25, 0.3) is 10.1 Å². The maximum absolute atomic E-state index is 12.2. The Bertz CT molecular complexity index is 819. The third-order valence-corrected chi connectivity index (χ3v) is 5.31. The van der Waals surface area contributed by atoms with E-state index in [9.17, 15) is 13.5 Å². The van der Waals surface area contributed by atoms with Crippen molar-refractivity contribution in [3.8, 4) is 17.2 Å². The Morgan fingerprint density at radius 2 is 1.46 bits per heavy atom. The van der Waals surface area contributed by atoms with Gasteiger partial charge in [-0.1, -0.05) is 57.1 Å². The van der Waals surface area contributed by atoms with Crippen LogP contribution in [-0.2, 0) is 16.5 Å². The summed E-state index contributed by atoms with van der Waals surface area (Å²) < 4.78 is 36.6. The summed E-state index contributed by atoms with van der Waals surface area (Å²) in [6.45, 7) is 2.21. The van der Waals surface area contributed by atoms with Crippen LogP contribution in [0.2, 0.25) is 0 Å². The number of hydrogen-bond acceptors (Lipinski definition) is 4. The molecule has 0 spiro atoms. The zero-order chi connectivity index (χ0) is 19.7. The van der Waals surface area contributed by atoms with Crippen LogP contribution >= 0.6 is 0 Å². The van der Waals surface area contributed by atoms with E-state index in [4.69, 9.17) is 9.29 Å². The SMILES string of the molecule is CCCCCCCCCc1ccc(Oc2ccc(S(=O)(=O)O)cc2)cc1[O-].[Na+]. The van der Waals surface area contributed by atoms with Gasteiger partial charge in [0.2, 0.25) is 0 Å². The van der Waals surface area contributed by atoms with Crippen LogP contribution in [0.5, 0.6) is 17.2 Å². The predicted octanol–water partition coefficient (Wildman–Crippen LogP) is 2.10. The van der Waals surface area contributed by atoms with Gasteiger partial charge in [0.05, 0.1) is 4.90 Å². The summed E-state index contributed by atoms with van der Waals surface area (Å²) in [5.74, 6) is 0.748. The zero-order valence-corrected chi connectivity index (χ0v) is 19.5. The van der Waals surface area contributed by atoms with Crippen molar-refractivity contribution < 1.29 is 52.4 Å². The van der Waals surface area contributed by atoms with Gasteiger partial charge in [0.15, 0.2) is 0 Å². The molecule has 2 aromatic rings. The van der Waals surface area contributed by atoms with Crippen molar-refractivity contribution in [3.63, 3.8) is 0 Å². The molecular formula is C21H27NaO5S. The van der Waals surface area contributed by atoms with Gasteiger partial charge in [0.1, 0.15) is 11.5 Å². The second kappa shape index (κ2) is 12.5. The molecule has 0 saturated carbocycles. The summed E-state index contributed by atoms with van der Waals surface area (Å²) in [5, 5.41) is 12.2. The maximum Gasteiger partial charge on any atom is 1.00 e. The topological polar surface area (TPSA) is 86.7 Å². The molecule has 0 aliphatic heterocycles. The van der Waals surface area contributed by atoms with Gasteiger partial charge in [-0.25, -0.2) is 0 Å². The minimum absolute atomic E-state index is 0. The van der Waals surface area contributed by atoms with E-state index in [0.717, 1.165) is 24.8 Å².